The van der Waals surface area contributed by atoms with Gasteiger partial charge in [-0.15, -0.1) is 11.8 Å². The Morgan fingerprint density at radius 1 is 1.12 bits per heavy atom. The van der Waals surface area contributed by atoms with E-state index in [4.69, 9.17) is 21.4 Å². The lowest BCUT2D eigenvalue weighted by atomic mass is 10.1. The quantitative estimate of drug-likeness (QED) is 0.602. The van der Waals surface area contributed by atoms with Gasteiger partial charge >= 0.3 is 5.97 Å². The molecule has 0 aromatic heterocycles. The third-order valence-electron chi connectivity index (χ3n) is 3.44. The van der Waals surface area contributed by atoms with Crippen LogP contribution in [-0.4, -0.2) is 35.9 Å². The number of ether oxygens (including phenoxy) is 1. The fourth-order valence-electron chi connectivity index (χ4n) is 2.15. The maximum absolute atomic E-state index is 11.9. The number of amides is 1. The molecule has 0 bridgehead atoms. The first-order valence-electron chi connectivity index (χ1n) is 8.12. The molecule has 0 saturated carbocycles. The van der Waals surface area contributed by atoms with Crippen molar-refractivity contribution in [2.24, 2.45) is 0 Å². The van der Waals surface area contributed by atoms with Crippen LogP contribution in [0.1, 0.15) is 12.0 Å². The number of aliphatic carboxylic acids is 1. The zero-order valence-electron chi connectivity index (χ0n) is 14.1. The highest BCUT2D eigenvalue weighted by Gasteiger charge is 2.04. The van der Waals surface area contributed by atoms with Crippen LogP contribution in [0, 0.1) is 0 Å². The molecule has 0 aliphatic rings. The molecule has 0 saturated heterocycles. The van der Waals surface area contributed by atoms with E-state index in [2.05, 4.69) is 5.32 Å². The number of hydrogen-bond acceptors (Lipinski definition) is 4. The molecular formula is C19H20ClNO4S. The van der Waals surface area contributed by atoms with Crippen molar-refractivity contribution in [2.45, 2.75) is 17.7 Å². The van der Waals surface area contributed by atoms with Gasteiger partial charge in [0, 0.05) is 23.6 Å². The van der Waals surface area contributed by atoms with E-state index in [-0.39, 0.29) is 12.5 Å². The minimum atomic E-state index is -1.01. The molecule has 26 heavy (non-hydrogen) atoms. The molecule has 1 amide bonds. The molecule has 2 rings (SSSR count). The first kappa shape index (κ1) is 20.1. The Morgan fingerprint density at radius 3 is 2.54 bits per heavy atom. The fraction of sp³-hybridized carbons (Fsp3) is 0.263. The third kappa shape index (κ3) is 7.37. The molecule has 0 atom stereocenters. The van der Waals surface area contributed by atoms with Crippen molar-refractivity contribution in [1.82, 2.24) is 5.32 Å². The van der Waals surface area contributed by atoms with Gasteiger partial charge in [-0.3, -0.25) is 4.79 Å². The smallest absolute Gasteiger partial charge is 0.341 e. The van der Waals surface area contributed by atoms with Crippen molar-refractivity contribution in [2.75, 3.05) is 18.9 Å². The number of carbonyl (C=O) groups is 2. The first-order valence-corrected chi connectivity index (χ1v) is 9.48. The second kappa shape index (κ2) is 10.7. The van der Waals surface area contributed by atoms with E-state index in [1.807, 2.05) is 36.4 Å². The summed E-state index contributed by atoms with van der Waals surface area (Å²) < 4.78 is 5.07. The van der Waals surface area contributed by atoms with Gasteiger partial charge < -0.3 is 15.2 Å². The van der Waals surface area contributed by atoms with Crippen molar-refractivity contribution >= 4 is 35.2 Å². The number of hydrogen-bond donors (Lipinski definition) is 2. The number of halogens is 1. The predicted octanol–water partition coefficient (Wildman–Crippen LogP) is 3.64. The number of thioether (sulfide) groups is 1. The van der Waals surface area contributed by atoms with Crippen LogP contribution >= 0.6 is 23.4 Å². The van der Waals surface area contributed by atoms with Crippen LogP contribution in [-0.2, 0) is 16.0 Å². The largest absolute Gasteiger partial charge is 0.482 e. The number of carboxylic acid groups (broad SMARTS) is 1. The van der Waals surface area contributed by atoms with E-state index in [0.29, 0.717) is 35.9 Å². The molecule has 0 heterocycles. The summed E-state index contributed by atoms with van der Waals surface area (Å²) in [5.74, 6) is 0.179. The topological polar surface area (TPSA) is 75.6 Å². The Hall–Kier alpha value is -2.18. The van der Waals surface area contributed by atoms with E-state index >= 15 is 0 Å². The average molecular weight is 394 g/mol. The second-order valence-corrected chi connectivity index (χ2v) is 7.00. The van der Waals surface area contributed by atoms with Crippen molar-refractivity contribution < 1.29 is 19.4 Å². The number of benzene rings is 2. The second-order valence-electron chi connectivity index (χ2n) is 5.46. The zero-order chi connectivity index (χ0) is 18.8. The molecule has 2 aromatic carbocycles. The summed E-state index contributed by atoms with van der Waals surface area (Å²) in [6, 6.07) is 14.7. The third-order valence-corrected chi connectivity index (χ3v) is 4.96. The summed E-state index contributed by atoms with van der Waals surface area (Å²) >= 11 is 7.64. The fourth-order valence-corrected chi connectivity index (χ4v) is 3.34. The van der Waals surface area contributed by atoms with Crippen LogP contribution in [0.2, 0.25) is 5.02 Å². The average Bonchev–Trinajstić information content (AvgIpc) is 2.62. The Labute approximate surface area is 161 Å². The SMILES string of the molecule is O=C(O)COc1ccc(CCNC(=O)CCSc2ccccc2Cl)cc1. The Bertz CT molecular complexity index is 737. The lowest BCUT2D eigenvalue weighted by Crippen LogP contribution is -2.25. The van der Waals surface area contributed by atoms with Crippen LogP contribution in [0.5, 0.6) is 5.75 Å². The van der Waals surface area contributed by atoms with Crippen LogP contribution in [0.15, 0.2) is 53.4 Å². The van der Waals surface area contributed by atoms with E-state index in [0.717, 1.165) is 10.5 Å². The molecular weight excluding hydrogens is 374 g/mol. The first-order chi connectivity index (χ1) is 12.5. The monoisotopic (exact) mass is 393 g/mol. The molecule has 2 aromatic rings. The van der Waals surface area contributed by atoms with Crippen LogP contribution in [0.25, 0.3) is 0 Å². The lowest BCUT2D eigenvalue weighted by Gasteiger charge is -2.07. The maximum atomic E-state index is 11.9. The highest BCUT2D eigenvalue weighted by atomic mass is 35.5. The molecule has 0 spiro atoms. The van der Waals surface area contributed by atoms with E-state index in [1.165, 1.54) is 0 Å². The van der Waals surface area contributed by atoms with Gasteiger partial charge in [-0.25, -0.2) is 4.79 Å². The van der Waals surface area contributed by atoms with Gasteiger partial charge in [0.1, 0.15) is 5.75 Å². The normalized spacial score (nSPS) is 10.3. The molecule has 5 nitrogen and oxygen atoms in total. The van der Waals surface area contributed by atoms with Crippen molar-refractivity contribution in [3.05, 3.63) is 59.1 Å². The highest BCUT2D eigenvalue weighted by molar-refractivity contribution is 7.99. The van der Waals surface area contributed by atoms with E-state index < -0.39 is 5.97 Å². The van der Waals surface area contributed by atoms with Gasteiger partial charge in [0.05, 0.1) is 5.02 Å². The molecule has 2 N–H and O–H groups in total. The van der Waals surface area contributed by atoms with Crippen LogP contribution in [0.3, 0.4) is 0 Å². The zero-order valence-corrected chi connectivity index (χ0v) is 15.7. The van der Waals surface area contributed by atoms with Crippen molar-refractivity contribution in [1.29, 1.82) is 0 Å². The Kier molecular flexibility index (Phi) is 8.31. The molecule has 0 fully saturated rings. The molecule has 0 radical (unpaired) electrons. The summed E-state index contributed by atoms with van der Waals surface area (Å²) in [7, 11) is 0. The maximum Gasteiger partial charge on any atom is 0.341 e. The summed E-state index contributed by atoms with van der Waals surface area (Å²) in [6.07, 6.45) is 1.13. The predicted molar refractivity (Wildman–Crippen MR) is 103 cm³/mol. The molecule has 0 aliphatic heterocycles. The standard InChI is InChI=1S/C19H20ClNO4S/c20-16-3-1-2-4-17(16)26-12-10-18(22)21-11-9-14-5-7-15(8-6-14)25-13-19(23)24/h1-8H,9-13H2,(H,21,22)(H,23,24). The molecule has 0 aliphatic carbocycles. The number of carbonyl (C=O) groups excluding carboxylic acids is 1. The molecule has 7 heteroatoms. The van der Waals surface area contributed by atoms with Crippen LogP contribution < -0.4 is 10.1 Å². The molecule has 138 valence electrons. The van der Waals surface area contributed by atoms with Crippen molar-refractivity contribution in [3.63, 3.8) is 0 Å². The van der Waals surface area contributed by atoms with Gasteiger partial charge in [-0.1, -0.05) is 35.9 Å². The Balaban J connectivity index is 1.63. The van der Waals surface area contributed by atoms with E-state index in [1.54, 1.807) is 23.9 Å². The summed E-state index contributed by atoms with van der Waals surface area (Å²) in [6.45, 7) is 0.187. The van der Waals surface area contributed by atoms with Gasteiger partial charge in [0.15, 0.2) is 6.61 Å². The van der Waals surface area contributed by atoms with Crippen molar-refractivity contribution in [3.8, 4) is 5.75 Å². The lowest BCUT2D eigenvalue weighted by molar-refractivity contribution is -0.139. The van der Waals surface area contributed by atoms with Crippen LogP contribution in [0.4, 0.5) is 0 Å². The summed E-state index contributed by atoms with van der Waals surface area (Å²) in [5.41, 5.74) is 1.04. The number of rotatable bonds is 10. The summed E-state index contributed by atoms with van der Waals surface area (Å²) in [4.78, 5) is 23.3. The number of nitrogens with one attached hydrogen (secondary N) is 1. The highest BCUT2D eigenvalue weighted by Crippen LogP contribution is 2.26. The Morgan fingerprint density at radius 2 is 1.85 bits per heavy atom. The van der Waals surface area contributed by atoms with Gasteiger partial charge in [-0.2, -0.15) is 0 Å². The van der Waals surface area contributed by atoms with Gasteiger partial charge in [-0.05, 0) is 36.2 Å². The number of carboxylic acids is 1. The minimum Gasteiger partial charge on any atom is -0.482 e. The molecule has 0 unspecified atom stereocenters. The summed E-state index contributed by atoms with van der Waals surface area (Å²) in [5, 5.41) is 12.2. The van der Waals surface area contributed by atoms with E-state index in [9.17, 15) is 9.59 Å². The van der Waals surface area contributed by atoms with Gasteiger partial charge in [0.2, 0.25) is 5.91 Å². The van der Waals surface area contributed by atoms with Gasteiger partial charge in [0.25, 0.3) is 0 Å². The minimum absolute atomic E-state index is 0.00552.